The van der Waals surface area contributed by atoms with E-state index >= 15 is 0 Å². The topological polar surface area (TPSA) is 64.0 Å². The van der Waals surface area contributed by atoms with Crippen LogP contribution in [0.4, 0.5) is 5.69 Å². The van der Waals surface area contributed by atoms with Gasteiger partial charge in [-0.15, -0.1) is 0 Å². The smallest absolute Gasteiger partial charge is 0.262 e. The lowest BCUT2D eigenvalue weighted by Gasteiger charge is -2.17. The number of aromatic nitrogens is 2. The van der Waals surface area contributed by atoms with Gasteiger partial charge in [0.2, 0.25) is 5.91 Å². The molecule has 3 rings (SSSR count). The summed E-state index contributed by atoms with van der Waals surface area (Å²) in [6.07, 6.45) is 0. The molecule has 3 aromatic rings. The fourth-order valence-electron chi connectivity index (χ4n) is 2.96. The maximum Gasteiger partial charge on any atom is 0.262 e. The number of carbonyl (C=O) groups excluding carboxylic acids is 1. The van der Waals surface area contributed by atoms with Crippen LogP contribution in [0.3, 0.4) is 0 Å². The molecular weight excluding hydrogens is 358 g/mol. The first-order valence-corrected chi connectivity index (χ1v) is 9.83. The van der Waals surface area contributed by atoms with Gasteiger partial charge in [-0.3, -0.25) is 14.2 Å². The first-order chi connectivity index (χ1) is 12.9. The highest BCUT2D eigenvalue weighted by atomic mass is 32.2. The van der Waals surface area contributed by atoms with E-state index in [0.29, 0.717) is 22.6 Å². The quantitative estimate of drug-likeness (QED) is 0.533. The summed E-state index contributed by atoms with van der Waals surface area (Å²) in [6.45, 7) is 8.18. The molecular formula is C21H23N3O2S. The van der Waals surface area contributed by atoms with Crippen LogP contribution in [0.5, 0.6) is 0 Å². The summed E-state index contributed by atoms with van der Waals surface area (Å²) in [4.78, 5) is 30.1. The van der Waals surface area contributed by atoms with Crippen molar-refractivity contribution in [1.82, 2.24) is 9.55 Å². The van der Waals surface area contributed by atoms with E-state index in [9.17, 15) is 9.59 Å². The third-order valence-corrected chi connectivity index (χ3v) is 5.61. The van der Waals surface area contributed by atoms with Crippen molar-refractivity contribution in [3.8, 4) is 0 Å². The SMILES string of the molecule is CCn1c(S[C@H](C)C(=O)Nc2c(C)cccc2C)nc2ccccc2c1=O. The highest BCUT2D eigenvalue weighted by Crippen LogP contribution is 2.25. The minimum Gasteiger partial charge on any atom is -0.325 e. The Kier molecular flexibility index (Phi) is 5.65. The lowest BCUT2D eigenvalue weighted by atomic mass is 10.1. The molecule has 0 unspecified atom stereocenters. The van der Waals surface area contributed by atoms with Gasteiger partial charge in [-0.1, -0.05) is 42.1 Å². The Hall–Kier alpha value is -2.60. The van der Waals surface area contributed by atoms with Crippen LogP contribution in [-0.2, 0) is 11.3 Å². The van der Waals surface area contributed by atoms with Crippen molar-refractivity contribution in [2.24, 2.45) is 0 Å². The molecule has 6 heteroatoms. The van der Waals surface area contributed by atoms with E-state index in [1.807, 2.05) is 64.1 Å². The number of aryl methyl sites for hydroxylation is 2. The second kappa shape index (κ2) is 7.96. The number of anilines is 1. The third kappa shape index (κ3) is 3.90. The van der Waals surface area contributed by atoms with Gasteiger partial charge in [0.1, 0.15) is 0 Å². The van der Waals surface area contributed by atoms with Crippen LogP contribution in [0.25, 0.3) is 10.9 Å². The molecule has 1 aromatic heterocycles. The number of nitrogens with zero attached hydrogens (tertiary/aromatic N) is 2. The Morgan fingerprint density at radius 1 is 1.15 bits per heavy atom. The van der Waals surface area contributed by atoms with E-state index in [-0.39, 0.29) is 11.5 Å². The minimum atomic E-state index is -0.394. The normalized spacial score (nSPS) is 12.1. The van der Waals surface area contributed by atoms with Gasteiger partial charge >= 0.3 is 0 Å². The zero-order chi connectivity index (χ0) is 19.6. The van der Waals surface area contributed by atoms with Crippen LogP contribution in [-0.4, -0.2) is 20.7 Å². The molecule has 140 valence electrons. The second-order valence-electron chi connectivity index (χ2n) is 6.48. The first kappa shape index (κ1) is 19.2. The van der Waals surface area contributed by atoms with E-state index in [4.69, 9.17) is 0 Å². The van der Waals surface area contributed by atoms with E-state index in [2.05, 4.69) is 10.3 Å². The molecule has 0 aliphatic carbocycles. The highest BCUT2D eigenvalue weighted by Gasteiger charge is 2.20. The first-order valence-electron chi connectivity index (χ1n) is 8.95. The molecule has 2 aromatic carbocycles. The van der Waals surface area contributed by atoms with E-state index in [1.165, 1.54) is 11.8 Å². The fraction of sp³-hybridized carbons (Fsp3) is 0.286. The van der Waals surface area contributed by atoms with E-state index in [1.54, 1.807) is 10.6 Å². The summed E-state index contributed by atoms with van der Waals surface area (Å²) in [6, 6.07) is 13.2. The number of para-hydroxylation sites is 2. The molecule has 1 heterocycles. The van der Waals surface area contributed by atoms with Gasteiger partial charge < -0.3 is 5.32 Å². The maximum absolute atomic E-state index is 12.7. The van der Waals surface area contributed by atoms with Crippen molar-refractivity contribution >= 4 is 34.3 Å². The predicted octanol–water partition coefficient (Wildman–Crippen LogP) is 4.15. The molecule has 0 saturated carbocycles. The van der Waals surface area contributed by atoms with Crippen molar-refractivity contribution in [2.45, 2.75) is 44.6 Å². The Morgan fingerprint density at radius 2 is 1.81 bits per heavy atom. The lowest BCUT2D eigenvalue weighted by Crippen LogP contribution is -2.27. The molecule has 0 aliphatic rings. The molecule has 0 fully saturated rings. The number of fused-ring (bicyclic) bond motifs is 1. The Labute approximate surface area is 162 Å². The Balaban J connectivity index is 1.88. The number of carbonyl (C=O) groups is 1. The largest absolute Gasteiger partial charge is 0.325 e. The molecule has 0 aliphatic heterocycles. The van der Waals surface area contributed by atoms with Gasteiger partial charge in [-0.05, 0) is 51.0 Å². The van der Waals surface area contributed by atoms with Gasteiger partial charge in [0, 0.05) is 12.2 Å². The summed E-state index contributed by atoms with van der Waals surface area (Å²) < 4.78 is 1.62. The van der Waals surface area contributed by atoms with Crippen LogP contribution in [0.2, 0.25) is 0 Å². The molecule has 1 atom stereocenters. The van der Waals surface area contributed by atoms with Gasteiger partial charge in [0.25, 0.3) is 5.56 Å². The number of rotatable bonds is 5. The summed E-state index contributed by atoms with van der Waals surface area (Å²) in [7, 11) is 0. The van der Waals surface area contributed by atoms with Crippen LogP contribution < -0.4 is 10.9 Å². The summed E-state index contributed by atoms with van der Waals surface area (Å²) >= 11 is 1.30. The van der Waals surface area contributed by atoms with Gasteiger partial charge in [0.15, 0.2) is 5.16 Å². The van der Waals surface area contributed by atoms with Crippen LogP contribution >= 0.6 is 11.8 Å². The standard InChI is InChI=1S/C21H23N3O2S/c1-5-24-20(26)16-11-6-7-12-17(16)22-21(24)27-15(4)19(25)23-18-13(2)9-8-10-14(18)3/h6-12,15H,5H2,1-4H3,(H,23,25)/t15-/m1/s1. The van der Waals surface area contributed by atoms with E-state index in [0.717, 1.165) is 16.8 Å². The van der Waals surface area contributed by atoms with Crippen molar-refractivity contribution in [1.29, 1.82) is 0 Å². The van der Waals surface area contributed by atoms with Gasteiger partial charge in [-0.2, -0.15) is 0 Å². The monoisotopic (exact) mass is 381 g/mol. The van der Waals surface area contributed by atoms with Crippen molar-refractivity contribution in [2.75, 3.05) is 5.32 Å². The van der Waals surface area contributed by atoms with E-state index < -0.39 is 5.25 Å². The number of nitrogens with one attached hydrogen (secondary N) is 1. The fourth-order valence-corrected chi connectivity index (χ4v) is 3.94. The van der Waals surface area contributed by atoms with Crippen molar-refractivity contribution in [3.05, 3.63) is 63.9 Å². The number of thioether (sulfide) groups is 1. The molecule has 0 bridgehead atoms. The average Bonchev–Trinajstić information content (AvgIpc) is 2.65. The molecule has 0 spiro atoms. The summed E-state index contributed by atoms with van der Waals surface area (Å²) in [5, 5.41) is 3.77. The molecule has 0 saturated heterocycles. The van der Waals surface area contributed by atoms with Crippen LogP contribution in [0.1, 0.15) is 25.0 Å². The molecule has 1 amide bonds. The number of amides is 1. The molecule has 27 heavy (non-hydrogen) atoms. The summed E-state index contributed by atoms with van der Waals surface area (Å²) in [5.41, 5.74) is 3.46. The van der Waals surface area contributed by atoms with Gasteiger partial charge in [0.05, 0.1) is 16.2 Å². The number of benzene rings is 2. The maximum atomic E-state index is 12.7. The summed E-state index contributed by atoms with van der Waals surface area (Å²) in [5.74, 6) is -0.109. The van der Waals surface area contributed by atoms with Crippen LogP contribution in [0, 0.1) is 13.8 Å². The van der Waals surface area contributed by atoms with Crippen molar-refractivity contribution in [3.63, 3.8) is 0 Å². The van der Waals surface area contributed by atoms with Crippen LogP contribution in [0.15, 0.2) is 52.4 Å². The average molecular weight is 382 g/mol. The zero-order valence-corrected chi connectivity index (χ0v) is 16.8. The molecule has 5 nitrogen and oxygen atoms in total. The Morgan fingerprint density at radius 3 is 2.48 bits per heavy atom. The van der Waals surface area contributed by atoms with Crippen molar-refractivity contribution < 1.29 is 4.79 Å². The number of hydrogen-bond donors (Lipinski definition) is 1. The minimum absolute atomic E-state index is 0.0760. The Bertz CT molecular complexity index is 1040. The lowest BCUT2D eigenvalue weighted by molar-refractivity contribution is -0.115. The predicted molar refractivity (Wildman–Crippen MR) is 112 cm³/mol. The number of hydrogen-bond acceptors (Lipinski definition) is 4. The highest BCUT2D eigenvalue weighted by molar-refractivity contribution is 8.00. The second-order valence-corrected chi connectivity index (χ2v) is 7.79. The molecule has 1 N–H and O–H groups in total. The molecule has 0 radical (unpaired) electrons. The third-order valence-electron chi connectivity index (χ3n) is 4.52. The zero-order valence-electron chi connectivity index (χ0n) is 15.9. The van der Waals surface area contributed by atoms with Gasteiger partial charge in [-0.25, -0.2) is 4.98 Å².